The predicted octanol–water partition coefficient (Wildman–Crippen LogP) is 3.73. The van der Waals surface area contributed by atoms with Crippen molar-refractivity contribution >= 4 is 23.1 Å². The molecule has 0 saturated heterocycles. The molecule has 15 heavy (non-hydrogen) atoms. The number of anilines is 1. The minimum absolute atomic E-state index is 0.288. The monoisotopic (exact) mass is 227 g/mol. The molecule has 4 nitrogen and oxygen atoms in total. The van der Waals surface area contributed by atoms with E-state index in [2.05, 4.69) is 29.3 Å². The molecule has 0 aromatic carbocycles. The van der Waals surface area contributed by atoms with Gasteiger partial charge in [-0.05, 0) is 30.2 Å². The average molecular weight is 228 g/mol. The fraction of sp³-hybridized carbons (Fsp3) is 0.500. The van der Waals surface area contributed by atoms with E-state index in [1.807, 2.05) is 0 Å². The van der Waals surface area contributed by atoms with Crippen molar-refractivity contribution in [1.29, 1.82) is 0 Å². The van der Waals surface area contributed by atoms with Gasteiger partial charge in [0.05, 0.1) is 0 Å². The van der Waals surface area contributed by atoms with Crippen molar-refractivity contribution in [2.45, 2.75) is 32.7 Å². The van der Waals surface area contributed by atoms with Crippen LogP contribution in [0.1, 0.15) is 26.7 Å². The van der Waals surface area contributed by atoms with Crippen LogP contribution in [0.5, 0.6) is 0 Å². The number of hydrogen-bond acceptors (Lipinski definition) is 4. The van der Waals surface area contributed by atoms with Crippen molar-refractivity contribution in [2.75, 3.05) is 5.32 Å². The minimum Gasteiger partial charge on any atom is -0.365 e. The summed E-state index contributed by atoms with van der Waals surface area (Å²) in [6.45, 7) is 4.14. The molecule has 0 amide bonds. The highest BCUT2D eigenvalue weighted by Crippen LogP contribution is 2.25. The van der Waals surface area contributed by atoms with Gasteiger partial charge in [-0.3, -0.25) is 0 Å². The Hall–Kier alpha value is -1.16. The normalized spacial score (nSPS) is 10.4. The third-order valence-corrected chi connectivity index (χ3v) is 2.48. The summed E-state index contributed by atoms with van der Waals surface area (Å²) in [5, 5.41) is 6.41. The maximum absolute atomic E-state index is 10.5. The molecule has 0 aliphatic carbocycles. The zero-order chi connectivity index (χ0) is 11.3. The molecule has 0 aliphatic rings. The van der Waals surface area contributed by atoms with Crippen molar-refractivity contribution in [1.82, 2.24) is 4.98 Å². The van der Waals surface area contributed by atoms with Gasteiger partial charge in [0.2, 0.25) is 0 Å². The summed E-state index contributed by atoms with van der Waals surface area (Å²) in [6.07, 6.45) is 1.92. The first-order valence-corrected chi connectivity index (χ1v) is 5.35. The molecular formula is C10H14ClN3O. The second-order valence-electron chi connectivity index (χ2n) is 3.25. The summed E-state index contributed by atoms with van der Waals surface area (Å²) in [7, 11) is 0. The third-order valence-electron chi connectivity index (χ3n) is 2.26. The van der Waals surface area contributed by atoms with Crippen molar-refractivity contribution < 1.29 is 0 Å². The van der Waals surface area contributed by atoms with Gasteiger partial charge in [0, 0.05) is 6.04 Å². The predicted molar refractivity (Wildman–Crippen MR) is 62.7 cm³/mol. The Balaban J connectivity index is 2.90. The van der Waals surface area contributed by atoms with Crippen LogP contribution in [0.3, 0.4) is 0 Å². The highest BCUT2D eigenvalue weighted by Gasteiger charge is 2.09. The van der Waals surface area contributed by atoms with Gasteiger partial charge >= 0.3 is 0 Å². The molecule has 0 spiro atoms. The molecule has 5 heteroatoms. The zero-order valence-electron chi connectivity index (χ0n) is 8.83. The summed E-state index contributed by atoms with van der Waals surface area (Å²) in [4.78, 5) is 14.6. The molecule has 1 rings (SSSR count). The third kappa shape index (κ3) is 3.16. The Bertz CT molecular complexity index is 339. The molecule has 82 valence electrons. The van der Waals surface area contributed by atoms with E-state index in [0.29, 0.717) is 16.7 Å². The molecule has 0 bridgehead atoms. The second kappa shape index (κ2) is 5.66. The SMILES string of the molecule is CCC(CC)Nc1nc(Cl)ccc1N=O. The minimum atomic E-state index is 0.288. The molecule has 1 aromatic rings. The maximum atomic E-state index is 10.5. The van der Waals surface area contributed by atoms with Crippen LogP contribution >= 0.6 is 11.6 Å². The van der Waals surface area contributed by atoms with Gasteiger partial charge in [-0.1, -0.05) is 25.4 Å². The van der Waals surface area contributed by atoms with Crippen LogP contribution in [0.15, 0.2) is 17.3 Å². The number of halogens is 1. The molecule has 0 atom stereocenters. The fourth-order valence-corrected chi connectivity index (χ4v) is 1.44. The molecule has 1 aromatic heterocycles. The number of nitroso groups, excluding NO2 is 1. The van der Waals surface area contributed by atoms with Crippen molar-refractivity contribution in [3.63, 3.8) is 0 Å². The maximum Gasteiger partial charge on any atom is 0.157 e. The van der Waals surface area contributed by atoms with E-state index in [4.69, 9.17) is 11.6 Å². The Labute approximate surface area is 94.0 Å². The highest BCUT2D eigenvalue weighted by atomic mass is 35.5. The van der Waals surface area contributed by atoms with Crippen LogP contribution in [0.2, 0.25) is 5.15 Å². The number of aromatic nitrogens is 1. The molecule has 1 N–H and O–H groups in total. The Kier molecular flexibility index (Phi) is 4.49. The number of nitrogens with one attached hydrogen (secondary N) is 1. The van der Waals surface area contributed by atoms with E-state index >= 15 is 0 Å². The van der Waals surface area contributed by atoms with E-state index < -0.39 is 0 Å². The number of pyridine rings is 1. The largest absolute Gasteiger partial charge is 0.365 e. The lowest BCUT2D eigenvalue weighted by Gasteiger charge is -2.15. The lowest BCUT2D eigenvalue weighted by Crippen LogP contribution is -2.17. The van der Waals surface area contributed by atoms with Crippen LogP contribution in [0.4, 0.5) is 11.5 Å². The van der Waals surface area contributed by atoms with E-state index in [0.717, 1.165) is 12.8 Å². The topological polar surface area (TPSA) is 54.4 Å². The number of hydrogen-bond donors (Lipinski definition) is 1. The van der Waals surface area contributed by atoms with Gasteiger partial charge in [-0.2, -0.15) is 0 Å². The van der Waals surface area contributed by atoms with Crippen molar-refractivity contribution in [3.8, 4) is 0 Å². The lowest BCUT2D eigenvalue weighted by molar-refractivity contribution is 0.669. The van der Waals surface area contributed by atoms with Gasteiger partial charge in [-0.25, -0.2) is 4.98 Å². The number of rotatable bonds is 5. The van der Waals surface area contributed by atoms with Crippen LogP contribution in [-0.2, 0) is 0 Å². The van der Waals surface area contributed by atoms with Gasteiger partial charge in [0.15, 0.2) is 5.82 Å². The summed E-state index contributed by atoms with van der Waals surface area (Å²) in [5.74, 6) is 0.464. The lowest BCUT2D eigenvalue weighted by atomic mass is 10.2. The summed E-state index contributed by atoms with van der Waals surface area (Å²) in [5.41, 5.74) is 0.298. The van der Waals surface area contributed by atoms with Gasteiger partial charge in [-0.15, -0.1) is 4.91 Å². The Morgan fingerprint density at radius 2 is 2.13 bits per heavy atom. The van der Waals surface area contributed by atoms with Gasteiger partial charge in [0.25, 0.3) is 0 Å². The number of nitrogens with zero attached hydrogens (tertiary/aromatic N) is 2. The van der Waals surface area contributed by atoms with Crippen LogP contribution in [0.25, 0.3) is 0 Å². The smallest absolute Gasteiger partial charge is 0.157 e. The molecule has 1 heterocycles. The molecule has 0 saturated carbocycles. The standard InChI is InChI=1S/C10H14ClN3O/c1-3-7(4-2)12-10-8(14-15)5-6-9(11)13-10/h5-7H,3-4H2,1-2H3,(H,12,13). The first kappa shape index (κ1) is 11.9. The summed E-state index contributed by atoms with van der Waals surface area (Å²) < 4.78 is 0. The van der Waals surface area contributed by atoms with E-state index in [1.165, 1.54) is 0 Å². The fourth-order valence-electron chi connectivity index (χ4n) is 1.29. The van der Waals surface area contributed by atoms with Crippen LogP contribution < -0.4 is 5.32 Å². The van der Waals surface area contributed by atoms with Crippen molar-refractivity contribution in [2.24, 2.45) is 5.18 Å². The quantitative estimate of drug-likeness (QED) is 0.616. The first-order valence-electron chi connectivity index (χ1n) is 4.97. The van der Waals surface area contributed by atoms with Crippen LogP contribution in [0, 0.1) is 4.91 Å². The van der Waals surface area contributed by atoms with Gasteiger partial charge in [0.1, 0.15) is 10.8 Å². The van der Waals surface area contributed by atoms with E-state index in [1.54, 1.807) is 12.1 Å². The Morgan fingerprint density at radius 3 is 2.67 bits per heavy atom. The highest BCUT2D eigenvalue weighted by molar-refractivity contribution is 6.29. The molecule has 0 aliphatic heterocycles. The second-order valence-corrected chi connectivity index (χ2v) is 3.64. The zero-order valence-corrected chi connectivity index (χ0v) is 9.58. The molecule has 0 radical (unpaired) electrons. The first-order chi connectivity index (χ1) is 7.21. The summed E-state index contributed by atoms with van der Waals surface area (Å²) in [6, 6.07) is 3.40. The van der Waals surface area contributed by atoms with E-state index in [-0.39, 0.29) is 6.04 Å². The molecular weight excluding hydrogens is 214 g/mol. The summed E-state index contributed by atoms with van der Waals surface area (Å²) >= 11 is 5.75. The van der Waals surface area contributed by atoms with Gasteiger partial charge < -0.3 is 5.32 Å². The average Bonchev–Trinajstić information content (AvgIpc) is 2.26. The molecule has 0 fully saturated rings. The molecule has 0 unspecified atom stereocenters. The van der Waals surface area contributed by atoms with Crippen molar-refractivity contribution in [3.05, 3.63) is 22.2 Å². The van der Waals surface area contributed by atoms with Crippen LogP contribution in [-0.4, -0.2) is 11.0 Å². The van der Waals surface area contributed by atoms with E-state index in [9.17, 15) is 4.91 Å². The Morgan fingerprint density at radius 1 is 1.47 bits per heavy atom.